The van der Waals surface area contributed by atoms with E-state index >= 15 is 0 Å². The highest BCUT2D eigenvalue weighted by molar-refractivity contribution is 5.83. The smallest absolute Gasteiger partial charge is 0.219 e. The zero-order valence-electron chi connectivity index (χ0n) is 8.41. The third-order valence-corrected chi connectivity index (χ3v) is 2.56. The first kappa shape index (κ1) is 10.2. The molecule has 1 atom stereocenters. The first-order valence-electron chi connectivity index (χ1n) is 4.48. The van der Waals surface area contributed by atoms with Gasteiger partial charge < -0.3 is 4.90 Å². The van der Waals surface area contributed by atoms with E-state index < -0.39 is 0 Å². The Balaban J connectivity index is 2.63. The lowest BCUT2D eigenvalue weighted by Crippen LogP contribution is -2.55. The topological polar surface area (TPSA) is 40.6 Å². The normalized spacial score (nSPS) is 24.5. The van der Waals surface area contributed by atoms with Crippen LogP contribution in [0.1, 0.15) is 13.8 Å². The number of amides is 1. The molecule has 1 amide bonds. The Morgan fingerprint density at radius 3 is 2.31 bits per heavy atom. The van der Waals surface area contributed by atoms with E-state index in [0.717, 1.165) is 13.1 Å². The predicted molar refractivity (Wildman–Crippen MR) is 49.4 cm³/mol. The van der Waals surface area contributed by atoms with Crippen LogP contribution in [0, 0.1) is 0 Å². The van der Waals surface area contributed by atoms with Crippen molar-refractivity contribution in [2.24, 2.45) is 0 Å². The van der Waals surface area contributed by atoms with Crippen molar-refractivity contribution in [3.05, 3.63) is 0 Å². The van der Waals surface area contributed by atoms with Gasteiger partial charge in [0.2, 0.25) is 5.91 Å². The van der Waals surface area contributed by atoms with Crippen LogP contribution in [0.15, 0.2) is 0 Å². The van der Waals surface area contributed by atoms with Crippen molar-refractivity contribution < 1.29 is 9.59 Å². The van der Waals surface area contributed by atoms with Crippen molar-refractivity contribution in [3.63, 3.8) is 0 Å². The van der Waals surface area contributed by atoms with Gasteiger partial charge in [0.05, 0.1) is 6.04 Å². The molecule has 1 aliphatic rings. The highest BCUT2D eigenvalue weighted by Gasteiger charge is 2.28. The van der Waals surface area contributed by atoms with E-state index in [1.54, 1.807) is 18.7 Å². The molecule has 74 valence electrons. The molecule has 1 aliphatic heterocycles. The third-order valence-electron chi connectivity index (χ3n) is 2.56. The molecule has 0 saturated carbocycles. The average Bonchev–Trinajstić information content (AvgIpc) is 2.04. The molecule has 13 heavy (non-hydrogen) atoms. The minimum atomic E-state index is -0.113. The predicted octanol–water partition coefficient (Wildman–Crippen LogP) is -0.262. The molecule has 1 fully saturated rings. The third kappa shape index (κ3) is 2.28. The summed E-state index contributed by atoms with van der Waals surface area (Å²) in [6.07, 6.45) is 0. The van der Waals surface area contributed by atoms with Gasteiger partial charge in [-0.05, 0) is 14.0 Å². The first-order chi connectivity index (χ1) is 6.02. The highest BCUT2D eigenvalue weighted by Crippen LogP contribution is 2.08. The second-order valence-electron chi connectivity index (χ2n) is 3.57. The zero-order valence-corrected chi connectivity index (χ0v) is 8.41. The van der Waals surface area contributed by atoms with Crippen LogP contribution in [0.25, 0.3) is 0 Å². The van der Waals surface area contributed by atoms with Gasteiger partial charge in [0.25, 0.3) is 0 Å². The second kappa shape index (κ2) is 3.87. The van der Waals surface area contributed by atoms with Crippen LogP contribution in [-0.4, -0.2) is 54.2 Å². The minimum Gasteiger partial charge on any atom is -0.340 e. The quantitative estimate of drug-likeness (QED) is 0.563. The van der Waals surface area contributed by atoms with Gasteiger partial charge in [-0.3, -0.25) is 14.5 Å². The van der Waals surface area contributed by atoms with E-state index in [-0.39, 0.29) is 17.7 Å². The van der Waals surface area contributed by atoms with Gasteiger partial charge >= 0.3 is 0 Å². The van der Waals surface area contributed by atoms with Crippen LogP contribution in [0.2, 0.25) is 0 Å². The van der Waals surface area contributed by atoms with Crippen molar-refractivity contribution >= 4 is 11.7 Å². The molecular weight excluding hydrogens is 168 g/mol. The summed E-state index contributed by atoms with van der Waals surface area (Å²) < 4.78 is 0. The van der Waals surface area contributed by atoms with Crippen molar-refractivity contribution in [1.82, 2.24) is 9.80 Å². The summed E-state index contributed by atoms with van der Waals surface area (Å²) >= 11 is 0. The molecule has 0 unspecified atom stereocenters. The molecule has 1 rings (SSSR count). The summed E-state index contributed by atoms with van der Waals surface area (Å²) in [5, 5.41) is 0. The number of carbonyl (C=O) groups is 2. The fourth-order valence-electron chi connectivity index (χ4n) is 1.60. The molecule has 4 nitrogen and oxygen atoms in total. The van der Waals surface area contributed by atoms with Crippen LogP contribution in [0.4, 0.5) is 0 Å². The van der Waals surface area contributed by atoms with Crippen molar-refractivity contribution in [2.75, 3.05) is 26.7 Å². The fraction of sp³-hybridized carbons (Fsp3) is 0.778. The summed E-state index contributed by atoms with van der Waals surface area (Å²) in [6.45, 7) is 5.17. The minimum absolute atomic E-state index is 0.0550. The Morgan fingerprint density at radius 1 is 1.23 bits per heavy atom. The molecule has 4 heteroatoms. The van der Waals surface area contributed by atoms with Gasteiger partial charge in [0.15, 0.2) is 0 Å². The van der Waals surface area contributed by atoms with Gasteiger partial charge in [-0.15, -0.1) is 0 Å². The van der Waals surface area contributed by atoms with Crippen molar-refractivity contribution in [3.8, 4) is 0 Å². The van der Waals surface area contributed by atoms with Gasteiger partial charge in [0, 0.05) is 26.6 Å². The summed E-state index contributed by atoms with van der Waals surface area (Å²) in [5.41, 5.74) is 0. The van der Waals surface area contributed by atoms with Crippen molar-refractivity contribution in [1.29, 1.82) is 0 Å². The number of rotatable bonds is 1. The maximum absolute atomic E-state index is 11.2. The van der Waals surface area contributed by atoms with E-state index in [4.69, 9.17) is 0 Å². The van der Waals surface area contributed by atoms with Crippen LogP contribution in [0.5, 0.6) is 0 Å². The van der Waals surface area contributed by atoms with Crippen LogP contribution in [0.3, 0.4) is 0 Å². The van der Waals surface area contributed by atoms with Gasteiger partial charge in [-0.2, -0.15) is 0 Å². The number of piperazine rings is 1. The second-order valence-corrected chi connectivity index (χ2v) is 3.57. The Labute approximate surface area is 78.5 Å². The van der Waals surface area contributed by atoms with Crippen molar-refractivity contribution in [2.45, 2.75) is 19.9 Å². The van der Waals surface area contributed by atoms with E-state index in [0.29, 0.717) is 6.54 Å². The molecule has 0 radical (unpaired) electrons. The Bertz CT molecular complexity index is 228. The maximum atomic E-state index is 11.2. The molecule has 0 N–H and O–H groups in total. The Kier molecular flexibility index (Phi) is 3.03. The molecular formula is C9H16N2O2. The number of nitrogens with zero attached hydrogens (tertiary/aromatic N) is 2. The lowest BCUT2D eigenvalue weighted by atomic mass is 10.1. The highest BCUT2D eigenvalue weighted by atomic mass is 16.2. The summed E-state index contributed by atoms with van der Waals surface area (Å²) in [7, 11) is 1.92. The number of Topliss-reactive ketones (excluding diaryl/α,β-unsaturated/α-hetero) is 1. The van der Waals surface area contributed by atoms with E-state index in [2.05, 4.69) is 0 Å². The maximum Gasteiger partial charge on any atom is 0.219 e. The largest absolute Gasteiger partial charge is 0.340 e. The number of carbonyl (C=O) groups excluding carboxylic acids is 2. The van der Waals surface area contributed by atoms with Gasteiger partial charge in [0.1, 0.15) is 5.78 Å². The van der Waals surface area contributed by atoms with Gasteiger partial charge in [-0.1, -0.05) is 0 Å². The Hall–Kier alpha value is -0.900. The van der Waals surface area contributed by atoms with E-state index in [1.165, 1.54) is 0 Å². The van der Waals surface area contributed by atoms with Gasteiger partial charge in [-0.25, -0.2) is 0 Å². The standard InChI is InChI=1S/C9H16N2O2/c1-7(12)9-6-11(8(2)13)5-4-10(9)3/h9H,4-6H2,1-3H3/t9-/m1/s1. The average molecular weight is 184 g/mol. The number of ketones is 1. The molecule has 1 heterocycles. The number of hydrogen-bond donors (Lipinski definition) is 0. The number of hydrogen-bond acceptors (Lipinski definition) is 3. The molecule has 0 aromatic carbocycles. The SMILES string of the molecule is CC(=O)[C@H]1CN(C(C)=O)CCN1C. The molecule has 0 aromatic heterocycles. The molecule has 0 bridgehead atoms. The van der Waals surface area contributed by atoms with E-state index in [9.17, 15) is 9.59 Å². The Morgan fingerprint density at radius 2 is 1.85 bits per heavy atom. The lowest BCUT2D eigenvalue weighted by Gasteiger charge is -2.37. The molecule has 0 aromatic rings. The van der Waals surface area contributed by atoms with Crippen LogP contribution < -0.4 is 0 Å². The molecule has 1 saturated heterocycles. The molecule has 0 aliphatic carbocycles. The number of likely N-dealkylation sites (N-methyl/N-ethyl adjacent to an activating group) is 1. The monoisotopic (exact) mass is 184 g/mol. The summed E-state index contributed by atoms with van der Waals surface area (Å²) in [6, 6.07) is -0.113. The first-order valence-corrected chi connectivity index (χ1v) is 4.48. The molecule has 0 spiro atoms. The van der Waals surface area contributed by atoms with Crippen LogP contribution in [-0.2, 0) is 9.59 Å². The fourth-order valence-corrected chi connectivity index (χ4v) is 1.60. The summed E-state index contributed by atoms with van der Waals surface area (Å²) in [4.78, 5) is 26.0. The van der Waals surface area contributed by atoms with E-state index in [1.807, 2.05) is 11.9 Å². The summed E-state index contributed by atoms with van der Waals surface area (Å²) in [5.74, 6) is 0.188. The lowest BCUT2D eigenvalue weighted by molar-refractivity contribution is -0.134. The zero-order chi connectivity index (χ0) is 10.0. The van der Waals surface area contributed by atoms with Crippen LogP contribution >= 0.6 is 0 Å².